The highest BCUT2D eigenvalue weighted by molar-refractivity contribution is 7.17. The highest BCUT2D eigenvalue weighted by atomic mass is 35.5. The van der Waals surface area contributed by atoms with E-state index in [-0.39, 0.29) is 0 Å². The molecule has 3 rings (SSSR count). The van der Waals surface area contributed by atoms with Gasteiger partial charge in [0.2, 0.25) is 0 Å². The first kappa shape index (κ1) is 18.9. The molecule has 3 aromatic rings. The molecular weight excluding hydrogens is 386 g/mol. The van der Waals surface area contributed by atoms with Crippen molar-refractivity contribution >= 4 is 34.8 Å². The van der Waals surface area contributed by atoms with Gasteiger partial charge in [0.1, 0.15) is 15.6 Å². The van der Waals surface area contributed by atoms with Gasteiger partial charge in [0, 0.05) is 16.1 Å². The summed E-state index contributed by atoms with van der Waals surface area (Å²) in [5, 5.41) is 1.28. The maximum atomic E-state index is 12.4. The summed E-state index contributed by atoms with van der Waals surface area (Å²) in [6, 6.07) is 13.8. The van der Waals surface area contributed by atoms with E-state index in [0.29, 0.717) is 31.9 Å². The van der Waals surface area contributed by atoms with Crippen molar-refractivity contribution in [1.82, 2.24) is 15.8 Å². The number of nitrogens with one attached hydrogen (secondary N) is 2. The number of benzene rings is 2. The van der Waals surface area contributed by atoms with Crippen LogP contribution in [0.15, 0.2) is 48.5 Å². The highest BCUT2D eigenvalue weighted by Gasteiger charge is 2.17. The first-order valence-corrected chi connectivity index (χ1v) is 9.15. The third-order valence-corrected chi connectivity index (χ3v) is 5.16. The first-order valence-electron chi connectivity index (χ1n) is 7.96. The number of aryl methyl sites for hydroxylation is 1. The molecule has 2 amide bonds. The fraction of sp³-hybridized carbons (Fsp3) is 0.105. The number of thiazole rings is 1. The summed E-state index contributed by atoms with van der Waals surface area (Å²) in [7, 11) is 1.55. The van der Waals surface area contributed by atoms with E-state index in [1.807, 2.05) is 12.1 Å². The highest BCUT2D eigenvalue weighted by Crippen LogP contribution is 2.29. The van der Waals surface area contributed by atoms with Gasteiger partial charge in [0.25, 0.3) is 11.8 Å². The van der Waals surface area contributed by atoms with Gasteiger partial charge >= 0.3 is 0 Å². The molecule has 0 aliphatic rings. The predicted molar refractivity (Wildman–Crippen MR) is 105 cm³/mol. The monoisotopic (exact) mass is 401 g/mol. The third-order valence-electron chi connectivity index (χ3n) is 3.72. The van der Waals surface area contributed by atoms with Crippen LogP contribution in [0, 0.1) is 6.92 Å². The lowest BCUT2D eigenvalue weighted by Gasteiger charge is -2.07. The number of hydrogen-bond acceptors (Lipinski definition) is 5. The Labute approximate surface area is 165 Å². The van der Waals surface area contributed by atoms with Crippen molar-refractivity contribution in [2.75, 3.05) is 7.11 Å². The van der Waals surface area contributed by atoms with E-state index in [9.17, 15) is 9.59 Å². The molecule has 1 heterocycles. The van der Waals surface area contributed by atoms with E-state index < -0.39 is 11.8 Å². The lowest BCUT2D eigenvalue weighted by molar-refractivity contribution is 0.0848. The average molecular weight is 402 g/mol. The number of amides is 2. The largest absolute Gasteiger partial charge is 0.497 e. The zero-order valence-corrected chi connectivity index (χ0v) is 16.1. The molecule has 0 saturated heterocycles. The molecule has 0 aliphatic carbocycles. The molecule has 0 fully saturated rings. The number of halogens is 1. The number of carbonyl (C=O) groups excluding carboxylic acids is 2. The standard InChI is InChI=1S/C19H16ClN3O3S/c1-11-16(27-19(21-11)13-4-3-5-14(20)10-13)18(25)23-22-17(24)12-6-8-15(26-2)9-7-12/h3-10H,1-2H3,(H,22,24)(H,23,25). The van der Waals surface area contributed by atoms with E-state index in [1.165, 1.54) is 11.3 Å². The summed E-state index contributed by atoms with van der Waals surface area (Å²) in [5.74, 6) is -0.215. The van der Waals surface area contributed by atoms with Crippen LogP contribution in [0.1, 0.15) is 25.7 Å². The van der Waals surface area contributed by atoms with Crippen LogP contribution < -0.4 is 15.6 Å². The first-order chi connectivity index (χ1) is 13.0. The summed E-state index contributed by atoms with van der Waals surface area (Å²) in [5.41, 5.74) is 6.62. The van der Waals surface area contributed by atoms with E-state index in [0.717, 1.165) is 5.56 Å². The Morgan fingerprint density at radius 1 is 1.07 bits per heavy atom. The quantitative estimate of drug-likeness (QED) is 0.650. The Morgan fingerprint density at radius 2 is 1.78 bits per heavy atom. The minimum Gasteiger partial charge on any atom is -0.497 e. The predicted octanol–water partition coefficient (Wildman–Crippen LogP) is 3.86. The Morgan fingerprint density at radius 3 is 2.44 bits per heavy atom. The van der Waals surface area contributed by atoms with Gasteiger partial charge in [0.15, 0.2) is 0 Å². The lowest BCUT2D eigenvalue weighted by atomic mass is 10.2. The van der Waals surface area contributed by atoms with Crippen LogP contribution in [0.5, 0.6) is 5.75 Å². The Balaban J connectivity index is 1.68. The minimum atomic E-state index is -0.430. The van der Waals surface area contributed by atoms with E-state index in [2.05, 4.69) is 15.8 Å². The second-order valence-corrected chi connectivity index (χ2v) is 7.02. The van der Waals surface area contributed by atoms with Crippen molar-refractivity contribution < 1.29 is 14.3 Å². The maximum absolute atomic E-state index is 12.4. The van der Waals surface area contributed by atoms with Gasteiger partial charge in [-0.15, -0.1) is 11.3 Å². The number of carbonyl (C=O) groups is 2. The number of aromatic nitrogens is 1. The second kappa shape index (κ2) is 8.20. The Hall–Kier alpha value is -2.90. The molecule has 6 nitrogen and oxygen atoms in total. The van der Waals surface area contributed by atoms with Crippen molar-refractivity contribution in [3.63, 3.8) is 0 Å². The van der Waals surface area contributed by atoms with Gasteiger partial charge in [-0.25, -0.2) is 4.98 Å². The molecule has 0 saturated carbocycles. The van der Waals surface area contributed by atoms with Crippen molar-refractivity contribution in [2.45, 2.75) is 6.92 Å². The van der Waals surface area contributed by atoms with E-state index in [4.69, 9.17) is 16.3 Å². The third kappa shape index (κ3) is 4.45. The van der Waals surface area contributed by atoms with Crippen LogP contribution in [0.2, 0.25) is 5.02 Å². The number of ether oxygens (including phenoxy) is 1. The van der Waals surface area contributed by atoms with Gasteiger partial charge in [-0.2, -0.15) is 0 Å². The van der Waals surface area contributed by atoms with E-state index >= 15 is 0 Å². The average Bonchev–Trinajstić information content (AvgIpc) is 3.08. The molecule has 0 unspecified atom stereocenters. The molecule has 0 radical (unpaired) electrons. The molecule has 27 heavy (non-hydrogen) atoms. The lowest BCUT2D eigenvalue weighted by Crippen LogP contribution is -2.41. The van der Waals surface area contributed by atoms with Crippen molar-refractivity contribution in [3.8, 4) is 16.3 Å². The molecule has 0 atom stereocenters. The SMILES string of the molecule is COc1ccc(C(=O)NNC(=O)c2sc(-c3cccc(Cl)c3)nc2C)cc1. The molecule has 2 N–H and O–H groups in total. The van der Waals surface area contributed by atoms with Gasteiger partial charge in [-0.05, 0) is 43.3 Å². The zero-order chi connectivity index (χ0) is 19.4. The van der Waals surface area contributed by atoms with Crippen LogP contribution in [0.4, 0.5) is 0 Å². The molecular formula is C19H16ClN3O3S. The van der Waals surface area contributed by atoms with Crippen LogP contribution in [0.25, 0.3) is 10.6 Å². The van der Waals surface area contributed by atoms with Gasteiger partial charge < -0.3 is 4.74 Å². The van der Waals surface area contributed by atoms with Gasteiger partial charge in [0.05, 0.1) is 12.8 Å². The zero-order valence-electron chi connectivity index (χ0n) is 14.6. The molecule has 138 valence electrons. The smallest absolute Gasteiger partial charge is 0.281 e. The molecule has 8 heteroatoms. The number of methoxy groups -OCH3 is 1. The summed E-state index contributed by atoms with van der Waals surface area (Å²) in [4.78, 5) is 29.4. The molecule has 0 aliphatic heterocycles. The number of nitrogens with zero attached hydrogens (tertiary/aromatic N) is 1. The second-order valence-electron chi connectivity index (χ2n) is 5.58. The number of hydrazine groups is 1. The Kier molecular flexibility index (Phi) is 5.73. The fourth-order valence-corrected chi connectivity index (χ4v) is 3.49. The molecule has 0 bridgehead atoms. The van der Waals surface area contributed by atoms with Crippen LogP contribution in [-0.4, -0.2) is 23.9 Å². The van der Waals surface area contributed by atoms with Crippen LogP contribution >= 0.6 is 22.9 Å². The number of hydrogen-bond donors (Lipinski definition) is 2. The van der Waals surface area contributed by atoms with Crippen molar-refractivity contribution in [1.29, 1.82) is 0 Å². The molecule has 1 aromatic heterocycles. The topological polar surface area (TPSA) is 80.3 Å². The molecule has 0 spiro atoms. The van der Waals surface area contributed by atoms with Gasteiger partial charge in [-0.1, -0.05) is 23.7 Å². The van der Waals surface area contributed by atoms with Crippen LogP contribution in [-0.2, 0) is 0 Å². The normalized spacial score (nSPS) is 10.3. The fourth-order valence-electron chi connectivity index (χ4n) is 2.34. The van der Waals surface area contributed by atoms with E-state index in [1.54, 1.807) is 50.4 Å². The maximum Gasteiger partial charge on any atom is 0.281 e. The minimum absolute atomic E-state index is 0.400. The summed E-state index contributed by atoms with van der Waals surface area (Å²) < 4.78 is 5.05. The Bertz CT molecular complexity index is 986. The molecule has 2 aromatic carbocycles. The summed E-state index contributed by atoms with van der Waals surface area (Å²) in [6.07, 6.45) is 0. The van der Waals surface area contributed by atoms with Crippen molar-refractivity contribution in [2.24, 2.45) is 0 Å². The van der Waals surface area contributed by atoms with Gasteiger partial charge in [-0.3, -0.25) is 20.4 Å². The number of rotatable bonds is 4. The summed E-state index contributed by atoms with van der Waals surface area (Å²) in [6.45, 7) is 1.74. The van der Waals surface area contributed by atoms with Crippen LogP contribution in [0.3, 0.4) is 0 Å². The summed E-state index contributed by atoms with van der Waals surface area (Å²) >= 11 is 7.24. The van der Waals surface area contributed by atoms with Crippen molar-refractivity contribution in [3.05, 3.63) is 69.7 Å².